The van der Waals surface area contributed by atoms with Crippen molar-refractivity contribution in [2.24, 2.45) is 5.92 Å². The Morgan fingerprint density at radius 2 is 2.06 bits per heavy atom. The minimum Gasteiger partial charge on any atom is -0.312 e. The van der Waals surface area contributed by atoms with E-state index in [9.17, 15) is 0 Å². The van der Waals surface area contributed by atoms with Crippen molar-refractivity contribution in [1.82, 2.24) is 5.32 Å². The Hall–Kier alpha value is -1.04. The first-order valence-corrected chi connectivity index (χ1v) is 6.52. The zero-order chi connectivity index (χ0) is 12.1. The first-order valence-electron chi connectivity index (χ1n) is 6.14. The van der Waals surface area contributed by atoms with Gasteiger partial charge in [-0.15, -0.1) is 0 Å². The third kappa shape index (κ3) is 4.03. The van der Waals surface area contributed by atoms with Gasteiger partial charge >= 0.3 is 0 Å². The van der Waals surface area contributed by atoms with Gasteiger partial charge in [0.05, 0.1) is 6.07 Å². The molecule has 1 aliphatic carbocycles. The van der Waals surface area contributed by atoms with Crippen LogP contribution in [0.4, 0.5) is 0 Å². The summed E-state index contributed by atoms with van der Waals surface area (Å²) in [6, 6.07) is 10.7. The Morgan fingerprint density at radius 3 is 2.65 bits per heavy atom. The molecule has 1 fully saturated rings. The van der Waals surface area contributed by atoms with Gasteiger partial charge in [-0.3, -0.25) is 0 Å². The summed E-state index contributed by atoms with van der Waals surface area (Å²) in [5.41, 5.74) is 1.32. The van der Waals surface area contributed by atoms with Crippen LogP contribution in [0.5, 0.6) is 0 Å². The summed E-state index contributed by atoms with van der Waals surface area (Å²) in [7, 11) is 0. The molecule has 0 heterocycles. The van der Waals surface area contributed by atoms with Crippen molar-refractivity contribution in [3.05, 3.63) is 34.9 Å². The molecular weight excluding hydrogens is 232 g/mol. The van der Waals surface area contributed by atoms with Crippen LogP contribution in [0.1, 0.15) is 24.8 Å². The van der Waals surface area contributed by atoms with Crippen molar-refractivity contribution in [2.45, 2.75) is 31.7 Å². The highest BCUT2D eigenvalue weighted by molar-refractivity contribution is 6.30. The maximum Gasteiger partial charge on any atom is 0.0635 e. The van der Waals surface area contributed by atoms with E-state index in [1.165, 1.54) is 18.4 Å². The average Bonchev–Trinajstić information content (AvgIpc) is 3.15. The van der Waals surface area contributed by atoms with Crippen molar-refractivity contribution in [3.63, 3.8) is 0 Å². The SMILES string of the molecule is N#CCCNC(Cc1ccc(Cl)cc1)C1CC1. The van der Waals surface area contributed by atoms with Crippen molar-refractivity contribution in [1.29, 1.82) is 5.26 Å². The van der Waals surface area contributed by atoms with Crippen molar-refractivity contribution in [2.75, 3.05) is 6.54 Å². The van der Waals surface area contributed by atoms with Gasteiger partial charge < -0.3 is 5.32 Å². The van der Waals surface area contributed by atoms with Gasteiger partial charge in [0, 0.05) is 24.0 Å². The molecule has 0 spiro atoms. The van der Waals surface area contributed by atoms with E-state index in [2.05, 4.69) is 23.5 Å². The van der Waals surface area contributed by atoms with Crippen LogP contribution in [-0.4, -0.2) is 12.6 Å². The first-order chi connectivity index (χ1) is 8.29. The van der Waals surface area contributed by atoms with Gasteiger partial charge in [0.2, 0.25) is 0 Å². The molecule has 3 heteroatoms. The first kappa shape index (κ1) is 12.4. The van der Waals surface area contributed by atoms with Crippen LogP contribution in [0.25, 0.3) is 0 Å². The maximum atomic E-state index is 8.55. The monoisotopic (exact) mass is 248 g/mol. The molecule has 0 radical (unpaired) electrons. The Balaban J connectivity index is 1.88. The number of nitrogens with one attached hydrogen (secondary N) is 1. The van der Waals surface area contributed by atoms with Gasteiger partial charge in [-0.2, -0.15) is 5.26 Å². The second-order valence-corrected chi connectivity index (χ2v) is 5.07. The summed E-state index contributed by atoms with van der Waals surface area (Å²) in [6.45, 7) is 0.797. The third-order valence-electron chi connectivity index (χ3n) is 3.20. The lowest BCUT2D eigenvalue weighted by atomic mass is 10.0. The number of hydrogen-bond donors (Lipinski definition) is 1. The number of hydrogen-bond acceptors (Lipinski definition) is 2. The molecule has 0 amide bonds. The van der Waals surface area contributed by atoms with E-state index in [1.807, 2.05) is 12.1 Å². The quantitative estimate of drug-likeness (QED) is 0.785. The summed E-state index contributed by atoms with van der Waals surface area (Å²) in [5.74, 6) is 0.796. The molecule has 1 atom stereocenters. The molecule has 2 nitrogen and oxygen atoms in total. The van der Waals surface area contributed by atoms with Crippen LogP contribution in [0.15, 0.2) is 24.3 Å². The second-order valence-electron chi connectivity index (χ2n) is 4.64. The third-order valence-corrected chi connectivity index (χ3v) is 3.46. The van der Waals surface area contributed by atoms with E-state index < -0.39 is 0 Å². The molecule has 1 unspecified atom stereocenters. The molecule has 0 saturated heterocycles. The van der Waals surface area contributed by atoms with Crippen LogP contribution in [-0.2, 0) is 6.42 Å². The predicted octanol–water partition coefficient (Wildman–Crippen LogP) is 3.16. The summed E-state index contributed by atoms with van der Waals surface area (Å²) in [4.78, 5) is 0. The average molecular weight is 249 g/mol. The van der Waals surface area contributed by atoms with Gasteiger partial charge in [0.25, 0.3) is 0 Å². The number of halogens is 1. The summed E-state index contributed by atoms with van der Waals surface area (Å²) >= 11 is 5.87. The summed E-state index contributed by atoms with van der Waals surface area (Å²) in [5, 5.41) is 12.8. The molecule has 1 N–H and O–H groups in total. The van der Waals surface area contributed by atoms with Gasteiger partial charge in [0.1, 0.15) is 0 Å². The number of nitrogens with zero attached hydrogens (tertiary/aromatic N) is 1. The standard InChI is InChI=1S/C14H17ClN2/c15-13-6-2-11(3-7-13)10-14(12-4-5-12)17-9-1-8-16/h2-3,6-7,12,14,17H,1,4-5,9-10H2. The number of benzene rings is 1. The fraction of sp³-hybridized carbons (Fsp3) is 0.500. The number of nitriles is 1. The van der Waals surface area contributed by atoms with E-state index in [-0.39, 0.29) is 0 Å². The molecule has 1 saturated carbocycles. The Labute approximate surface area is 108 Å². The molecule has 1 aliphatic rings. The fourth-order valence-corrected chi connectivity index (χ4v) is 2.22. The molecule has 90 valence electrons. The van der Waals surface area contributed by atoms with E-state index in [4.69, 9.17) is 16.9 Å². The zero-order valence-corrected chi connectivity index (χ0v) is 10.6. The highest BCUT2D eigenvalue weighted by Gasteiger charge is 2.30. The van der Waals surface area contributed by atoms with Crippen LogP contribution < -0.4 is 5.32 Å². The van der Waals surface area contributed by atoms with Crippen molar-refractivity contribution in [3.8, 4) is 6.07 Å². The molecule has 0 aromatic heterocycles. The smallest absolute Gasteiger partial charge is 0.0635 e. The Morgan fingerprint density at radius 1 is 1.35 bits per heavy atom. The molecule has 0 aliphatic heterocycles. The van der Waals surface area contributed by atoms with Crippen LogP contribution >= 0.6 is 11.6 Å². The van der Waals surface area contributed by atoms with Crippen LogP contribution in [0, 0.1) is 17.2 Å². The lowest BCUT2D eigenvalue weighted by molar-refractivity contribution is 0.465. The van der Waals surface area contributed by atoms with Crippen molar-refractivity contribution < 1.29 is 0 Å². The Kier molecular flexibility index (Phi) is 4.42. The lowest BCUT2D eigenvalue weighted by Gasteiger charge is -2.17. The molecular formula is C14H17ClN2. The van der Waals surface area contributed by atoms with E-state index in [0.717, 1.165) is 23.9 Å². The predicted molar refractivity (Wildman–Crippen MR) is 69.9 cm³/mol. The summed E-state index contributed by atoms with van der Waals surface area (Å²) < 4.78 is 0. The lowest BCUT2D eigenvalue weighted by Crippen LogP contribution is -2.33. The second kappa shape index (κ2) is 6.05. The Bertz CT molecular complexity index is 390. The van der Waals surface area contributed by atoms with E-state index in [0.29, 0.717) is 12.5 Å². The van der Waals surface area contributed by atoms with E-state index >= 15 is 0 Å². The summed E-state index contributed by atoms with van der Waals surface area (Å²) in [6.07, 6.45) is 4.26. The van der Waals surface area contributed by atoms with Gasteiger partial charge in [0.15, 0.2) is 0 Å². The molecule has 17 heavy (non-hydrogen) atoms. The normalized spacial score (nSPS) is 16.5. The maximum absolute atomic E-state index is 8.55. The number of rotatable bonds is 6. The minimum absolute atomic E-state index is 0.518. The molecule has 1 aromatic rings. The molecule has 0 bridgehead atoms. The minimum atomic E-state index is 0.518. The van der Waals surface area contributed by atoms with Gasteiger partial charge in [-0.1, -0.05) is 23.7 Å². The highest BCUT2D eigenvalue weighted by Crippen LogP contribution is 2.34. The molecule has 1 aromatic carbocycles. The topological polar surface area (TPSA) is 35.8 Å². The van der Waals surface area contributed by atoms with Crippen molar-refractivity contribution >= 4 is 11.6 Å². The van der Waals surface area contributed by atoms with Crippen LogP contribution in [0.3, 0.4) is 0 Å². The van der Waals surface area contributed by atoms with Crippen LogP contribution in [0.2, 0.25) is 5.02 Å². The highest BCUT2D eigenvalue weighted by atomic mass is 35.5. The zero-order valence-electron chi connectivity index (χ0n) is 9.82. The van der Waals surface area contributed by atoms with Gasteiger partial charge in [-0.25, -0.2) is 0 Å². The van der Waals surface area contributed by atoms with Gasteiger partial charge in [-0.05, 0) is 42.9 Å². The molecule has 2 rings (SSSR count). The fourth-order valence-electron chi connectivity index (χ4n) is 2.09. The largest absolute Gasteiger partial charge is 0.312 e. The van der Waals surface area contributed by atoms with E-state index in [1.54, 1.807) is 0 Å².